The highest BCUT2D eigenvalue weighted by atomic mass is 16.5. The molecule has 27 heavy (non-hydrogen) atoms. The second-order valence-electron chi connectivity index (χ2n) is 5.67. The molecule has 3 aromatic carbocycles. The summed E-state index contributed by atoms with van der Waals surface area (Å²) in [6.45, 7) is -0.418. The Morgan fingerprint density at radius 2 is 1.70 bits per heavy atom. The van der Waals surface area contributed by atoms with E-state index in [1.807, 2.05) is 24.3 Å². The zero-order valence-electron chi connectivity index (χ0n) is 14.1. The number of hydrazone groups is 1. The number of fused-ring (bicyclic) bond motifs is 1. The Bertz CT molecular complexity index is 1010. The summed E-state index contributed by atoms with van der Waals surface area (Å²) in [5.74, 6) is -1.29. The number of rotatable bonds is 6. The van der Waals surface area contributed by atoms with E-state index in [1.165, 1.54) is 12.3 Å². The molecule has 0 unspecified atom stereocenters. The van der Waals surface area contributed by atoms with Crippen molar-refractivity contribution in [1.82, 2.24) is 5.43 Å². The Labute approximate surface area is 154 Å². The maximum atomic E-state index is 12.2. The number of carbonyl (C=O) groups excluding carboxylic acids is 1. The Morgan fingerprint density at radius 1 is 1.04 bits per heavy atom. The highest BCUT2D eigenvalue weighted by molar-refractivity contribution is 6.01. The van der Waals surface area contributed by atoms with E-state index in [0.29, 0.717) is 11.3 Å². The van der Waals surface area contributed by atoms with Crippen LogP contribution in [0.1, 0.15) is 15.9 Å². The minimum Gasteiger partial charge on any atom is -0.507 e. The van der Waals surface area contributed by atoms with Crippen molar-refractivity contribution >= 4 is 28.9 Å². The van der Waals surface area contributed by atoms with Gasteiger partial charge in [-0.1, -0.05) is 24.3 Å². The van der Waals surface area contributed by atoms with Crippen LogP contribution < -0.4 is 10.2 Å². The van der Waals surface area contributed by atoms with Crippen LogP contribution in [-0.4, -0.2) is 34.9 Å². The number of nitrogens with one attached hydrogen (secondary N) is 1. The number of benzene rings is 3. The number of phenolic OH excluding ortho intramolecular Hbond substituents is 1. The van der Waals surface area contributed by atoms with Crippen LogP contribution >= 0.6 is 0 Å². The number of hydrogen-bond donors (Lipinski definition) is 3. The van der Waals surface area contributed by atoms with Crippen molar-refractivity contribution in [2.75, 3.05) is 6.61 Å². The average Bonchev–Trinajstić information content (AvgIpc) is 2.66. The lowest BCUT2D eigenvalue weighted by Gasteiger charge is -2.06. The van der Waals surface area contributed by atoms with Gasteiger partial charge in [0.1, 0.15) is 11.5 Å². The molecule has 7 nitrogen and oxygen atoms in total. The van der Waals surface area contributed by atoms with Gasteiger partial charge < -0.3 is 14.9 Å². The van der Waals surface area contributed by atoms with Crippen molar-refractivity contribution in [1.29, 1.82) is 0 Å². The molecule has 0 aromatic heterocycles. The fraction of sp³-hybridized carbons (Fsp3) is 0.0500. The molecule has 0 aliphatic carbocycles. The topological polar surface area (TPSA) is 108 Å². The summed E-state index contributed by atoms with van der Waals surface area (Å²) in [7, 11) is 0. The molecule has 0 radical (unpaired) electrons. The molecule has 0 heterocycles. The molecule has 0 spiro atoms. The van der Waals surface area contributed by atoms with E-state index in [0.717, 1.165) is 10.8 Å². The zero-order valence-corrected chi connectivity index (χ0v) is 14.1. The molecule has 0 fully saturated rings. The summed E-state index contributed by atoms with van der Waals surface area (Å²) in [5, 5.41) is 24.2. The molecule has 7 heteroatoms. The highest BCUT2D eigenvalue weighted by Crippen LogP contribution is 2.24. The maximum absolute atomic E-state index is 12.2. The molecule has 1 amide bonds. The monoisotopic (exact) mass is 364 g/mol. The predicted octanol–water partition coefficient (Wildman–Crippen LogP) is 2.77. The molecule has 0 saturated heterocycles. The van der Waals surface area contributed by atoms with E-state index < -0.39 is 18.5 Å². The van der Waals surface area contributed by atoms with Crippen LogP contribution in [0.5, 0.6) is 11.5 Å². The number of amides is 1. The van der Waals surface area contributed by atoms with Gasteiger partial charge in [-0.15, -0.1) is 0 Å². The summed E-state index contributed by atoms with van der Waals surface area (Å²) in [5.41, 5.74) is 3.18. The molecule has 3 aromatic rings. The van der Waals surface area contributed by atoms with Gasteiger partial charge in [0.25, 0.3) is 5.91 Å². The van der Waals surface area contributed by atoms with Crippen molar-refractivity contribution < 1.29 is 24.5 Å². The van der Waals surface area contributed by atoms with E-state index in [1.54, 1.807) is 30.3 Å². The number of hydrogen-bond acceptors (Lipinski definition) is 5. The lowest BCUT2D eigenvalue weighted by molar-refractivity contribution is -0.139. The maximum Gasteiger partial charge on any atom is 0.341 e. The van der Waals surface area contributed by atoms with Gasteiger partial charge in [0.2, 0.25) is 0 Å². The second kappa shape index (κ2) is 8.01. The van der Waals surface area contributed by atoms with Gasteiger partial charge in [-0.3, -0.25) is 4.79 Å². The van der Waals surface area contributed by atoms with Crippen molar-refractivity contribution in [3.8, 4) is 11.5 Å². The average molecular weight is 364 g/mol. The van der Waals surface area contributed by atoms with E-state index in [4.69, 9.17) is 9.84 Å². The molecule has 136 valence electrons. The Hall–Kier alpha value is -3.87. The van der Waals surface area contributed by atoms with Crippen LogP contribution in [0.25, 0.3) is 10.8 Å². The molecule has 0 aliphatic rings. The van der Waals surface area contributed by atoms with E-state index in [2.05, 4.69) is 10.5 Å². The van der Waals surface area contributed by atoms with Crippen LogP contribution in [0.4, 0.5) is 0 Å². The first-order valence-electron chi connectivity index (χ1n) is 8.03. The number of carboxylic acid groups (broad SMARTS) is 1. The lowest BCUT2D eigenvalue weighted by atomic mass is 10.1. The van der Waals surface area contributed by atoms with Gasteiger partial charge in [-0.25, -0.2) is 10.2 Å². The highest BCUT2D eigenvalue weighted by Gasteiger charge is 2.11. The van der Waals surface area contributed by atoms with Crippen LogP contribution in [0.2, 0.25) is 0 Å². The van der Waals surface area contributed by atoms with Crippen LogP contribution in [0.3, 0.4) is 0 Å². The van der Waals surface area contributed by atoms with Gasteiger partial charge in [-0.2, -0.15) is 5.10 Å². The van der Waals surface area contributed by atoms with E-state index in [-0.39, 0.29) is 11.3 Å². The first kappa shape index (κ1) is 17.9. The molecule has 3 N–H and O–H groups in total. The third-order valence-corrected chi connectivity index (χ3v) is 3.73. The predicted molar refractivity (Wildman–Crippen MR) is 100 cm³/mol. The molecular formula is C20H16N2O5. The summed E-state index contributed by atoms with van der Waals surface area (Å²) in [6.07, 6.45) is 1.43. The SMILES string of the molecule is O=C(O)COc1ccc(/C=N\NC(=O)c2cc3ccccc3cc2O)cc1. The Kier molecular flexibility index (Phi) is 5.32. The van der Waals surface area contributed by atoms with Crippen molar-refractivity contribution in [2.24, 2.45) is 5.10 Å². The zero-order chi connectivity index (χ0) is 19.2. The number of aromatic hydroxyl groups is 1. The van der Waals surface area contributed by atoms with Gasteiger partial charge in [0, 0.05) is 0 Å². The standard InChI is InChI=1S/C20H16N2O5/c23-18-10-15-4-2-1-3-14(15)9-17(18)20(26)22-21-11-13-5-7-16(8-6-13)27-12-19(24)25/h1-11,23H,12H2,(H,22,26)(H,24,25)/b21-11-. The molecule has 3 rings (SSSR count). The lowest BCUT2D eigenvalue weighted by Crippen LogP contribution is -2.17. The third-order valence-electron chi connectivity index (χ3n) is 3.73. The van der Waals surface area contributed by atoms with E-state index in [9.17, 15) is 14.7 Å². The van der Waals surface area contributed by atoms with Crippen LogP contribution in [0.15, 0.2) is 65.8 Å². The number of carbonyl (C=O) groups is 2. The number of nitrogens with zero attached hydrogens (tertiary/aromatic N) is 1. The second-order valence-corrected chi connectivity index (χ2v) is 5.67. The van der Waals surface area contributed by atoms with Gasteiger partial charge in [-0.05, 0) is 52.7 Å². The van der Waals surface area contributed by atoms with Gasteiger partial charge in [0.15, 0.2) is 6.61 Å². The molecular weight excluding hydrogens is 348 g/mol. The van der Waals surface area contributed by atoms with Gasteiger partial charge >= 0.3 is 5.97 Å². The number of carboxylic acids is 1. The Morgan fingerprint density at radius 3 is 2.37 bits per heavy atom. The molecule has 0 aliphatic heterocycles. The summed E-state index contributed by atoms with van der Waals surface area (Å²) < 4.78 is 5.03. The first-order chi connectivity index (χ1) is 13.0. The number of ether oxygens (including phenoxy) is 1. The number of phenols is 1. The van der Waals surface area contributed by atoms with Crippen molar-refractivity contribution in [2.45, 2.75) is 0 Å². The summed E-state index contributed by atoms with van der Waals surface area (Å²) in [4.78, 5) is 22.7. The minimum atomic E-state index is -1.06. The fourth-order valence-electron chi connectivity index (χ4n) is 2.43. The molecule has 0 atom stereocenters. The van der Waals surface area contributed by atoms with Gasteiger partial charge in [0.05, 0.1) is 11.8 Å². The Balaban J connectivity index is 1.65. The largest absolute Gasteiger partial charge is 0.507 e. The van der Waals surface area contributed by atoms with Crippen molar-refractivity contribution in [3.05, 3.63) is 71.8 Å². The number of aliphatic carboxylic acids is 1. The fourth-order valence-corrected chi connectivity index (χ4v) is 2.43. The molecule has 0 bridgehead atoms. The van der Waals surface area contributed by atoms with Crippen molar-refractivity contribution in [3.63, 3.8) is 0 Å². The summed E-state index contributed by atoms with van der Waals surface area (Å²) >= 11 is 0. The summed E-state index contributed by atoms with van der Waals surface area (Å²) in [6, 6.07) is 17.1. The van der Waals surface area contributed by atoms with E-state index >= 15 is 0 Å². The van der Waals surface area contributed by atoms with Crippen LogP contribution in [-0.2, 0) is 4.79 Å². The quantitative estimate of drug-likeness (QED) is 0.460. The minimum absolute atomic E-state index is 0.124. The normalized spacial score (nSPS) is 10.8. The third kappa shape index (κ3) is 4.60. The first-order valence-corrected chi connectivity index (χ1v) is 8.03. The smallest absolute Gasteiger partial charge is 0.341 e. The van der Waals surface area contributed by atoms with Crippen LogP contribution in [0, 0.1) is 0 Å². The molecule has 0 saturated carbocycles.